The Balaban J connectivity index is 1.68. The molecule has 0 saturated carbocycles. The first-order valence-corrected chi connectivity index (χ1v) is 10.3. The van der Waals surface area contributed by atoms with Crippen molar-refractivity contribution in [1.29, 1.82) is 0 Å². The molecule has 0 spiro atoms. The monoisotopic (exact) mass is 378 g/mol. The fourth-order valence-electron chi connectivity index (χ4n) is 4.20. The molecule has 2 aliphatic heterocycles. The second-order valence-electron chi connectivity index (χ2n) is 8.26. The van der Waals surface area contributed by atoms with Gasteiger partial charge in [0.1, 0.15) is 5.69 Å². The predicted octanol–water partition coefficient (Wildman–Crippen LogP) is 1.11. The van der Waals surface area contributed by atoms with Crippen LogP contribution in [0.1, 0.15) is 37.0 Å². The number of hydrogen-bond donors (Lipinski definition) is 1. The highest BCUT2D eigenvalue weighted by atomic mass is 16.5. The molecule has 0 aliphatic carbocycles. The molecule has 2 saturated heterocycles. The molecular formula is C20H34N4O3. The molecule has 2 aliphatic rings. The van der Waals surface area contributed by atoms with E-state index < -0.39 is 0 Å². The molecule has 152 valence electrons. The van der Waals surface area contributed by atoms with E-state index in [0.29, 0.717) is 37.2 Å². The van der Waals surface area contributed by atoms with Crippen molar-refractivity contribution in [2.45, 2.75) is 33.7 Å². The lowest BCUT2D eigenvalue weighted by molar-refractivity contribution is 0.0264. The van der Waals surface area contributed by atoms with Crippen molar-refractivity contribution in [2.24, 2.45) is 17.8 Å². The molecule has 7 heteroatoms. The Hall–Kier alpha value is -1.44. The summed E-state index contributed by atoms with van der Waals surface area (Å²) >= 11 is 0. The van der Waals surface area contributed by atoms with E-state index in [2.05, 4.69) is 23.8 Å². The molecule has 27 heavy (non-hydrogen) atoms. The minimum atomic E-state index is 0.0438. The van der Waals surface area contributed by atoms with Gasteiger partial charge in [0.25, 0.3) is 5.91 Å². The van der Waals surface area contributed by atoms with Crippen LogP contribution in [0, 0.1) is 17.8 Å². The summed E-state index contributed by atoms with van der Waals surface area (Å²) < 4.78 is 7.25. The first kappa shape index (κ1) is 20.3. The second-order valence-corrected chi connectivity index (χ2v) is 8.26. The van der Waals surface area contributed by atoms with Crippen molar-refractivity contribution in [3.8, 4) is 0 Å². The zero-order valence-corrected chi connectivity index (χ0v) is 16.9. The van der Waals surface area contributed by atoms with E-state index in [1.54, 1.807) is 0 Å². The SMILES string of the molecule is CCn1nc(CC(C)C)cc1C(=O)N1CC(CO)C(CN2CCOCC2)C1. The van der Waals surface area contributed by atoms with E-state index in [1.807, 2.05) is 22.6 Å². The van der Waals surface area contributed by atoms with Gasteiger partial charge in [0, 0.05) is 51.8 Å². The third-order valence-electron chi connectivity index (χ3n) is 5.66. The number of nitrogens with zero attached hydrogens (tertiary/aromatic N) is 4. The summed E-state index contributed by atoms with van der Waals surface area (Å²) in [6.07, 6.45) is 0.881. The lowest BCUT2D eigenvalue weighted by Gasteiger charge is -2.30. The number of aliphatic hydroxyl groups is 1. The number of aromatic nitrogens is 2. The third-order valence-corrected chi connectivity index (χ3v) is 5.66. The molecule has 1 aromatic rings. The molecule has 2 atom stereocenters. The van der Waals surface area contributed by atoms with Crippen molar-refractivity contribution in [2.75, 3.05) is 52.5 Å². The van der Waals surface area contributed by atoms with E-state index in [-0.39, 0.29) is 18.4 Å². The zero-order valence-electron chi connectivity index (χ0n) is 16.9. The van der Waals surface area contributed by atoms with Crippen LogP contribution in [0.25, 0.3) is 0 Å². The lowest BCUT2D eigenvalue weighted by Crippen LogP contribution is -2.41. The quantitative estimate of drug-likeness (QED) is 0.770. The van der Waals surface area contributed by atoms with Gasteiger partial charge in [0.2, 0.25) is 0 Å². The molecule has 1 aromatic heterocycles. The first-order chi connectivity index (χ1) is 13.0. The normalized spacial score (nSPS) is 24.1. The van der Waals surface area contributed by atoms with Gasteiger partial charge in [-0.05, 0) is 31.2 Å². The number of aryl methyl sites for hydroxylation is 1. The van der Waals surface area contributed by atoms with Crippen LogP contribution >= 0.6 is 0 Å². The first-order valence-electron chi connectivity index (χ1n) is 10.3. The Morgan fingerprint density at radius 3 is 2.63 bits per heavy atom. The van der Waals surface area contributed by atoms with Crippen LogP contribution in [-0.2, 0) is 17.7 Å². The van der Waals surface area contributed by atoms with Gasteiger partial charge in [0.05, 0.1) is 18.9 Å². The average Bonchev–Trinajstić information content (AvgIpc) is 3.25. The topological polar surface area (TPSA) is 70.8 Å². The number of carbonyl (C=O) groups is 1. The van der Waals surface area contributed by atoms with Gasteiger partial charge < -0.3 is 14.7 Å². The summed E-state index contributed by atoms with van der Waals surface area (Å²) in [6, 6.07) is 1.95. The van der Waals surface area contributed by atoms with E-state index in [1.165, 1.54) is 0 Å². The van der Waals surface area contributed by atoms with Crippen molar-refractivity contribution in [3.05, 3.63) is 17.5 Å². The Labute approximate surface area is 162 Å². The van der Waals surface area contributed by atoms with Gasteiger partial charge in [-0.3, -0.25) is 14.4 Å². The molecule has 0 radical (unpaired) electrons. The number of hydrogen-bond acceptors (Lipinski definition) is 5. The van der Waals surface area contributed by atoms with Gasteiger partial charge in [-0.1, -0.05) is 13.8 Å². The highest BCUT2D eigenvalue weighted by Gasteiger charge is 2.37. The molecule has 1 amide bonds. The molecular weight excluding hydrogens is 344 g/mol. The van der Waals surface area contributed by atoms with Crippen LogP contribution in [0.15, 0.2) is 6.07 Å². The maximum absolute atomic E-state index is 13.2. The molecule has 2 unspecified atom stereocenters. The molecule has 0 bridgehead atoms. The Bertz CT molecular complexity index is 625. The Morgan fingerprint density at radius 1 is 1.30 bits per heavy atom. The fraction of sp³-hybridized carbons (Fsp3) is 0.800. The molecule has 3 rings (SSSR count). The van der Waals surface area contributed by atoms with Gasteiger partial charge >= 0.3 is 0 Å². The van der Waals surface area contributed by atoms with Crippen molar-refractivity contribution in [1.82, 2.24) is 19.6 Å². The lowest BCUT2D eigenvalue weighted by atomic mass is 9.96. The molecule has 7 nitrogen and oxygen atoms in total. The fourth-order valence-corrected chi connectivity index (χ4v) is 4.20. The van der Waals surface area contributed by atoms with E-state index >= 15 is 0 Å². The second kappa shape index (κ2) is 9.17. The highest BCUT2D eigenvalue weighted by molar-refractivity contribution is 5.93. The number of rotatable bonds is 7. The summed E-state index contributed by atoms with van der Waals surface area (Å²) in [7, 11) is 0. The average molecular weight is 379 g/mol. The summed E-state index contributed by atoms with van der Waals surface area (Å²) in [6.45, 7) is 12.8. The smallest absolute Gasteiger partial charge is 0.272 e. The number of aliphatic hydroxyl groups excluding tert-OH is 1. The van der Waals surface area contributed by atoms with Gasteiger partial charge in [-0.25, -0.2) is 0 Å². The van der Waals surface area contributed by atoms with Crippen molar-refractivity contribution < 1.29 is 14.6 Å². The minimum absolute atomic E-state index is 0.0438. The van der Waals surface area contributed by atoms with Gasteiger partial charge in [-0.2, -0.15) is 5.10 Å². The van der Waals surface area contributed by atoms with Crippen LogP contribution in [0.2, 0.25) is 0 Å². The maximum atomic E-state index is 13.2. The number of carbonyl (C=O) groups excluding carboxylic acids is 1. The van der Waals surface area contributed by atoms with E-state index in [0.717, 1.165) is 45.0 Å². The number of likely N-dealkylation sites (tertiary alicyclic amines) is 1. The van der Waals surface area contributed by atoms with E-state index in [4.69, 9.17) is 4.74 Å². The Morgan fingerprint density at radius 2 is 2.00 bits per heavy atom. The maximum Gasteiger partial charge on any atom is 0.272 e. The molecule has 2 fully saturated rings. The molecule has 1 N–H and O–H groups in total. The van der Waals surface area contributed by atoms with Crippen LogP contribution in [-0.4, -0.2) is 83.1 Å². The highest BCUT2D eigenvalue weighted by Crippen LogP contribution is 2.26. The summed E-state index contributed by atoms with van der Waals surface area (Å²) in [5.74, 6) is 1.01. The van der Waals surface area contributed by atoms with Crippen LogP contribution in [0.5, 0.6) is 0 Å². The molecule has 3 heterocycles. The van der Waals surface area contributed by atoms with Gasteiger partial charge in [-0.15, -0.1) is 0 Å². The largest absolute Gasteiger partial charge is 0.396 e. The molecule has 0 aromatic carbocycles. The third kappa shape index (κ3) is 4.89. The standard InChI is InChI=1S/C20H34N4O3/c1-4-24-19(10-18(21-24)9-15(2)3)20(26)23-12-16(17(13-23)14-25)11-22-5-7-27-8-6-22/h10,15-17,25H,4-9,11-14H2,1-3H3. The van der Waals surface area contributed by atoms with E-state index in [9.17, 15) is 9.90 Å². The number of amides is 1. The Kier molecular flexibility index (Phi) is 6.89. The van der Waals surface area contributed by atoms with Crippen LogP contribution in [0.3, 0.4) is 0 Å². The number of morpholine rings is 1. The van der Waals surface area contributed by atoms with Crippen LogP contribution < -0.4 is 0 Å². The van der Waals surface area contributed by atoms with Crippen molar-refractivity contribution >= 4 is 5.91 Å². The van der Waals surface area contributed by atoms with Crippen molar-refractivity contribution in [3.63, 3.8) is 0 Å². The van der Waals surface area contributed by atoms with Gasteiger partial charge in [0.15, 0.2) is 0 Å². The summed E-state index contributed by atoms with van der Waals surface area (Å²) in [5, 5.41) is 14.5. The van der Waals surface area contributed by atoms with Crippen LogP contribution in [0.4, 0.5) is 0 Å². The predicted molar refractivity (Wildman–Crippen MR) is 104 cm³/mol. The summed E-state index contributed by atoms with van der Waals surface area (Å²) in [4.78, 5) is 17.5. The number of ether oxygens (including phenoxy) is 1. The zero-order chi connectivity index (χ0) is 19.4. The minimum Gasteiger partial charge on any atom is -0.396 e. The summed E-state index contributed by atoms with van der Waals surface area (Å²) in [5.41, 5.74) is 1.66.